The molecule has 1 aromatic carbocycles. The molecule has 0 radical (unpaired) electrons. The summed E-state index contributed by atoms with van der Waals surface area (Å²) in [6.45, 7) is 2.77. The first kappa shape index (κ1) is 16.7. The Kier molecular flexibility index (Phi) is 5.59. The second-order valence-corrected chi connectivity index (χ2v) is 6.22. The fourth-order valence-corrected chi connectivity index (χ4v) is 3.19. The molecule has 0 saturated carbocycles. The van der Waals surface area contributed by atoms with Crippen LogP contribution in [-0.2, 0) is 11.2 Å². The Labute approximate surface area is 143 Å². The maximum absolute atomic E-state index is 12.7. The predicted molar refractivity (Wildman–Crippen MR) is 93.9 cm³/mol. The van der Waals surface area contributed by atoms with Crippen molar-refractivity contribution in [1.82, 2.24) is 10.3 Å². The van der Waals surface area contributed by atoms with Gasteiger partial charge in [0.05, 0.1) is 5.69 Å². The molecule has 1 fully saturated rings. The summed E-state index contributed by atoms with van der Waals surface area (Å²) in [4.78, 5) is 17.1. The molecule has 2 aromatic rings. The van der Waals surface area contributed by atoms with Crippen LogP contribution in [0.25, 0.3) is 0 Å². The van der Waals surface area contributed by atoms with E-state index in [0.29, 0.717) is 6.61 Å². The van der Waals surface area contributed by atoms with Crippen molar-refractivity contribution < 1.29 is 9.53 Å². The summed E-state index contributed by atoms with van der Waals surface area (Å²) in [5.41, 5.74) is 2.84. The summed E-state index contributed by atoms with van der Waals surface area (Å²) in [6.07, 6.45) is 5.29. The zero-order chi connectivity index (χ0) is 16.8. The van der Waals surface area contributed by atoms with Gasteiger partial charge in [0.15, 0.2) is 0 Å². The fraction of sp³-hybridized carbons (Fsp3) is 0.400. The molecule has 24 heavy (non-hydrogen) atoms. The summed E-state index contributed by atoms with van der Waals surface area (Å²) >= 11 is 0. The van der Waals surface area contributed by atoms with E-state index in [1.165, 1.54) is 0 Å². The number of aryl methyl sites for hydroxylation is 1. The topological polar surface area (TPSA) is 51.2 Å². The van der Waals surface area contributed by atoms with Crippen LogP contribution in [0.4, 0.5) is 0 Å². The number of pyridine rings is 1. The molecule has 1 saturated heterocycles. The highest BCUT2D eigenvalue weighted by atomic mass is 16.5. The van der Waals surface area contributed by atoms with Crippen LogP contribution in [0.1, 0.15) is 53.9 Å². The number of hydrogen-bond acceptors (Lipinski definition) is 3. The van der Waals surface area contributed by atoms with Crippen LogP contribution in [0.15, 0.2) is 48.7 Å². The number of rotatable bonds is 5. The number of nitrogens with one attached hydrogen (secondary N) is 1. The van der Waals surface area contributed by atoms with Crippen molar-refractivity contribution in [3.8, 4) is 0 Å². The highest BCUT2D eigenvalue weighted by molar-refractivity contribution is 5.95. The van der Waals surface area contributed by atoms with Gasteiger partial charge in [-0.3, -0.25) is 9.78 Å². The molecule has 1 N–H and O–H groups in total. The van der Waals surface area contributed by atoms with Gasteiger partial charge in [-0.15, -0.1) is 0 Å². The second-order valence-electron chi connectivity index (χ2n) is 6.22. The Hall–Kier alpha value is -2.20. The van der Waals surface area contributed by atoms with Crippen molar-refractivity contribution in [3.05, 3.63) is 65.5 Å². The van der Waals surface area contributed by atoms with Gasteiger partial charge in [0.1, 0.15) is 6.10 Å². The van der Waals surface area contributed by atoms with Gasteiger partial charge < -0.3 is 10.1 Å². The zero-order valence-corrected chi connectivity index (χ0v) is 14.1. The molecule has 4 heteroatoms. The molecule has 126 valence electrons. The van der Waals surface area contributed by atoms with E-state index in [9.17, 15) is 4.79 Å². The lowest BCUT2D eigenvalue weighted by molar-refractivity contribution is -0.00152. The highest BCUT2D eigenvalue weighted by Crippen LogP contribution is 2.27. The van der Waals surface area contributed by atoms with Crippen molar-refractivity contribution in [2.45, 2.75) is 44.8 Å². The predicted octanol–water partition coefficient (Wildman–Crippen LogP) is 3.68. The van der Waals surface area contributed by atoms with Crippen LogP contribution in [-0.4, -0.2) is 23.5 Å². The number of benzene rings is 1. The molecular formula is C20H24N2O2. The van der Waals surface area contributed by atoms with E-state index in [2.05, 4.69) is 17.2 Å². The van der Waals surface area contributed by atoms with Crippen molar-refractivity contribution in [1.29, 1.82) is 0 Å². The molecule has 1 aromatic heterocycles. The van der Waals surface area contributed by atoms with Crippen LogP contribution in [0.3, 0.4) is 0 Å². The molecule has 1 aliphatic heterocycles. The first-order valence-electron chi connectivity index (χ1n) is 8.69. The Balaban J connectivity index is 1.66. The van der Waals surface area contributed by atoms with E-state index >= 15 is 0 Å². The van der Waals surface area contributed by atoms with Gasteiger partial charge in [-0.25, -0.2) is 0 Å². The van der Waals surface area contributed by atoms with Gasteiger partial charge in [-0.1, -0.05) is 37.6 Å². The number of nitrogens with zero attached hydrogens (tertiary/aromatic N) is 1. The van der Waals surface area contributed by atoms with Crippen LogP contribution < -0.4 is 5.32 Å². The van der Waals surface area contributed by atoms with Crippen molar-refractivity contribution in [3.63, 3.8) is 0 Å². The van der Waals surface area contributed by atoms with Crippen LogP contribution in [0, 0.1) is 0 Å². The molecule has 1 amide bonds. The van der Waals surface area contributed by atoms with Crippen molar-refractivity contribution in [2.75, 3.05) is 6.61 Å². The maximum Gasteiger partial charge on any atom is 0.251 e. The second kappa shape index (κ2) is 8.06. The highest BCUT2D eigenvalue weighted by Gasteiger charge is 2.26. The van der Waals surface area contributed by atoms with Crippen LogP contribution in [0.2, 0.25) is 0 Å². The summed E-state index contributed by atoms with van der Waals surface area (Å²) < 4.78 is 5.83. The Bertz CT molecular complexity index is 672. The average molecular weight is 324 g/mol. The Morgan fingerprint density at radius 2 is 2.08 bits per heavy atom. The monoisotopic (exact) mass is 324 g/mol. The van der Waals surface area contributed by atoms with Crippen molar-refractivity contribution >= 4 is 5.91 Å². The number of hydrogen-bond donors (Lipinski definition) is 1. The third-order valence-electron chi connectivity index (χ3n) is 4.42. The molecule has 4 nitrogen and oxygen atoms in total. The largest absolute Gasteiger partial charge is 0.372 e. The first-order chi connectivity index (χ1) is 11.8. The fourth-order valence-electron chi connectivity index (χ4n) is 3.19. The first-order valence-corrected chi connectivity index (χ1v) is 8.69. The third kappa shape index (κ3) is 4.01. The summed E-state index contributed by atoms with van der Waals surface area (Å²) in [6, 6.07) is 13.8. The standard InChI is InChI=1S/C20H24N2O2/c1-2-7-15-8-3-4-9-17(15)20(23)22-16-11-13-24-19(14-16)18-10-5-6-12-21-18/h3-6,8-10,12,16,19H,2,7,11,13-14H2,1H3,(H,22,23)/t16-,19-/m1/s1. The van der Waals surface area contributed by atoms with E-state index in [1.54, 1.807) is 6.20 Å². The Morgan fingerprint density at radius 3 is 2.88 bits per heavy atom. The number of aromatic nitrogens is 1. The van der Waals surface area contributed by atoms with Gasteiger partial charge in [0, 0.05) is 24.4 Å². The third-order valence-corrected chi connectivity index (χ3v) is 4.42. The number of carbonyl (C=O) groups excluding carboxylic acids is 1. The van der Waals surface area contributed by atoms with E-state index < -0.39 is 0 Å². The molecule has 1 aliphatic rings. The van der Waals surface area contributed by atoms with E-state index in [1.807, 2.05) is 42.5 Å². The van der Waals surface area contributed by atoms with E-state index in [0.717, 1.165) is 42.5 Å². The maximum atomic E-state index is 12.7. The van der Waals surface area contributed by atoms with Crippen LogP contribution in [0.5, 0.6) is 0 Å². The smallest absolute Gasteiger partial charge is 0.251 e. The van der Waals surface area contributed by atoms with E-state index in [4.69, 9.17) is 4.74 Å². The Morgan fingerprint density at radius 1 is 1.25 bits per heavy atom. The summed E-state index contributed by atoms with van der Waals surface area (Å²) in [5, 5.41) is 3.19. The molecule has 0 bridgehead atoms. The molecular weight excluding hydrogens is 300 g/mol. The summed E-state index contributed by atoms with van der Waals surface area (Å²) in [7, 11) is 0. The molecule has 3 rings (SSSR count). The molecule has 0 unspecified atom stereocenters. The van der Waals surface area contributed by atoms with Gasteiger partial charge in [0.2, 0.25) is 0 Å². The minimum absolute atomic E-state index is 0.0192. The van der Waals surface area contributed by atoms with E-state index in [-0.39, 0.29) is 18.1 Å². The quantitative estimate of drug-likeness (QED) is 0.912. The number of ether oxygens (including phenoxy) is 1. The minimum atomic E-state index is -0.0452. The normalized spacial score (nSPS) is 20.5. The SMILES string of the molecule is CCCc1ccccc1C(=O)N[C@@H]1CCO[C@@H](c2ccccn2)C1. The van der Waals surface area contributed by atoms with Gasteiger partial charge in [-0.2, -0.15) is 0 Å². The van der Waals surface area contributed by atoms with Gasteiger partial charge in [0.25, 0.3) is 5.91 Å². The molecule has 2 heterocycles. The lowest BCUT2D eigenvalue weighted by Gasteiger charge is -2.30. The zero-order valence-electron chi connectivity index (χ0n) is 14.1. The lowest BCUT2D eigenvalue weighted by Crippen LogP contribution is -2.40. The molecule has 0 spiro atoms. The average Bonchev–Trinajstić information content (AvgIpc) is 2.63. The minimum Gasteiger partial charge on any atom is -0.372 e. The van der Waals surface area contributed by atoms with Crippen molar-refractivity contribution in [2.24, 2.45) is 0 Å². The number of amides is 1. The number of carbonyl (C=O) groups is 1. The summed E-state index contributed by atoms with van der Waals surface area (Å²) in [5.74, 6) is 0.0192. The van der Waals surface area contributed by atoms with Gasteiger partial charge in [-0.05, 0) is 43.0 Å². The van der Waals surface area contributed by atoms with Gasteiger partial charge >= 0.3 is 0 Å². The lowest BCUT2D eigenvalue weighted by atomic mass is 9.98. The van der Waals surface area contributed by atoms with Crippen LogP contribution >= 0.6 is 0 Å². The molecule has 2 atom stereocenters. The molecule has 0 aliphatic carbocycles.